The Balaban J connectivity index is 1.49. The van der Waals surface area contributed by atoms with Crippen LogP contribution in [0.5, 0.6) is 0 Å². The first kappa shape index (κ1) is 27.3. The minimum atomic E-state index is -4.18. The minimum Gasteiger partial charge on any atom is -0.333 e. The van der Waals surface area contributed by atoms with E-state index < -0.39 is 27.2 Å². The zero-order valence-electron chi connectivity index (χ0n) is 21.1. The first-order valence-corrected chi connectivity index (χ1v) is 16.8. The van der Waals surface area contributed by atoms with E-state index >= 15 is 0 Å². The fourth-order valence-corrected chi connectivity index (χ4v) is 8.10. The third kappa shape index (κ3) is 5.53. The fraction of sp³-hybridized carbons (Fsp3) is 0.179. The second-order valence-corrected chi connectivity index (χ2v) is 13.6. The molecule has 2 heterocycles. The van der Waals surface area contributed by atoms with E-state index in [1.54, 1.807) is 23.1 Å². The van der Waals surface area contributed by atoms with Crippen molar-refractivity contribution in [3.05, 3.63) is 82.8 Å². The number of aryl methyl sites for hydroxylation is 1. The van der Waals surface area contributed by atoms with Crippen LogP contribution in [0.3, 0.4) is 0 Å². The molecule has 1 unspecified atom stereocenters. The van der Waals surface area contributed by atoms with E-state index in [1.165, 1.54) is 0 Å². The van der Waals surface area contributed by atoms with Crippen molar-refractivity contribution in [1.82, 2.24) is 0 Å². The van der Waals surface area contributed by atoms with Crippen LogP contribution in [0.25, 0.3) is 37.8 Å². The Morgan fingerprint density at radius 3 is 2.42 bits per heavy atom. The molecule has 0 spiro atoms. The second-order valence-electron chi connectivity index (χ2n) is 9.27. The normalized spacial score (nSPS) is 15.4. The van der Waals surface area contributed by atoms with Crippen LogP contribution in [0.2, 0.25) is 0 Å². The van der Waals surface area contributed by atoms with E-state index in [0.717, 1.165) is 52.4 Å². The van der Waals surface area contributed by atoms with Gasteiger partial charge in [-0.3, -0.25) is 13.3 Å². The van der Waals surface area contributed by atoms with Gasteiger partial charge < -0.3 is 4.90 Å². The Hall–Kier alpha value is -2.84. The SMILES string of the molecule is O=S(O)OCCC[n+]1c(C=C2Sc3ccc4ccccc4c3N2CCS(=O)(=O)O)sc2ccc3ccccc3c21. The maximum Gasteiger partial charge on any atom is 0.301 e. The van der Waals surface area contributed by atoms with Gasteiger partial charge in [0, 0.05) is 23.2 Å². The summed E-state index contributed by atoms with van der Waals surface area (Å²) in [5.41, 5.74) is 1.99. The van der Waals surface area contributed by atoms with Crippen LogP contribution in [-0.2, 0) is 32.2 Å². The Morgan fingerprint density at radius 2 is 1.68 bits per heavy atom. The van der Waals surface area contributed by atoms with Gasteiger partial charge in [0.15, 0.2) is 6.54 Å². The highest BCUT2D eigenvalue weighted by Crippen LogP contribution is 2.50. The van der Waals surface area contributed by atoms with Crippen LogP contribution in [0.1, 0.15) is 11.4 Å². The summed E-state index contributed by atoms with van der Waals surface area (Å²) in [7, 11) is -4.18. The van der Waals surface area contributed by atoms with Crippen LogP contribution in [0, 0.1) is 0 Å². The Morgan fingerprint density at radius 1 is 0.975 bits per heavy atom. The Labute approximate surface area is 242 Å². The van der Waals surface area contributed by atoms with E-state index in [-0.39, 0.29) is 13.2 Å². The van der Waals surface area contributed by atoms with Crippen LogP contribution >= 0.6 is 23.1 Å². The van der Waals surface area contributed by atoms with E-state index in [1.807, 2.05) is 47.4 Å². The number of hydrogen-bond acceptors (Lipinski definition) is 7. The summed E-state index contributed by atoms with van der Waals surface area (Å²) in [6, 6.07) is 24.4. The first-order chi connectivity index (χ1) is 19.3. The van der Waals surface area contributed by atoms with E-state index in [9.17, 15) is 17.2 Å². The molecule has 0 saturated heterocycles. The molecule has 1 atom stereocenters. The van der Waals surface area contributed by atoms with Crippen molar-refractivity contribution in [2.45, 2.75) is 17.9 Å². The van der Waals surface area contributed by atoms with Gasteiger partial charge in [-0.25, -0.2) is 0 Å². The Bertz CT molecular complexity index is 1920. The third-order valence-corrected chi connectivity index (χ3v) is 10.0. The second kappa shape index (κ2) is 11.2. The average Bonchev–Trinajstić information content (AvgIpc) is 3.47. The largest absolute Gasteiger partial charge is 0.333 e. The van der Waals surface area contributed by atoms with Gasteiger partial charge in [-0.2, -0.15) is 17.2 Å². The monoisotopic (exact) mass is 613 g/mol. The van der Waals surface area contributed by atoms with Gasteiger partial charge in [-0.1, -0.05) is 77.7 Å². The van der Waals surface area contributed by atoms with E-state index in [2.05, 4.69) is 41.0 Å². The molecular formula is C28H25N2O6S4+. The number of thiazole rings is 1. The molecule has 0 amide bonds. The van der Waals surface area contributed by atoms with Crippen LogP contribution in [-0.4, -0.2) is 40.6 Å². The van der Waals surface area contributed by atoms with Crippen molar-refractivity contribution in [1.29, 1.82) is 0 Å². The smallest absolute Gasteiger partial charge is 0.301 e. The highest BCUT2D eigenvalue weighted by atomic mass is 32.2. The van der Waals surface area contributed by atoms with Crippen LogP contribution in [0.15, 0.2) is 82.7 Å². The number of rotatable bonds is 9. The van der Waals surface area contributed by atoms with Gasteiger partial charge in [0.05, 0.1) is 34.5 Å². The molecule has 0 aliphatic carbocycles. The first-order valence-electron chi connectivity index (χ1n) is 12.5. The highest BCUT2D eigenvalue weighted by Gasteiger charge is 2.30. The number of hydrogen-bond donors (Lipinski definition) is 2. The van der Waals surface area contributed by atoms with Gasteiger partial charge in [0.25, 0.3) is 15.1 Å². The van der Waals surface area contributed by atoms with Crippen molar-refractivity contribution >= 4 is 88.1 Å². The number of anilines is 1. The van der Waals surface area contributed by atoms with Crippen LogP contribution < -0.4 is 9.47 Å². The van der Waals surface area contributed by atoms with Gasteiger partial charge in [0.1, 0.15) is 4.70 Å². The predicted molar refractivity (Wildman–Crippen MR) is 162 cm³/mol. The lowest BCUT2D eigenvalue weighted by Crippen LogP contribution is -2.36. The van der Waals surface area contributed by atoms with Crippen molar-refractivity contribution in [2.24, 2.45) is 0 Å². The van der Waals surface area contributed by atoms with Gasteiger partial charge in [-0.15, -0.1) is 0 Å². The fourth-order valence-electron chi connectivity index (χ4n) is 5.07. The molecule has 40 heavy (non-hydrogen) atoms. The molecule has 206 valence electrons. The molecule has 1 aromatic heterocycles. The van der Waals surface area contributed by atoms with Crippen molar-refractivity contribution in [2.75, 3.05) is 23.8 Å². The van der Waals surface area contributed by atoms with Crippen molar-refractivity contribution in [3.63, 3.8) is 0 Å². The van der Waals surface area contributed by atoms with E-state index in [0.29, 0.717) is 13.0 Å². The van der Waals surface area contributed by atoms with E-state index in [4.69, 9.17) is 8.74 Å². The summed E-state index contributed by atoms with van der Waals surface area (Å²) >= 11 is 0.872. The number of aromatic nitrogens is 1. The lowest BCUT2D eigenvalue weighted by Gasteiger charge is -2.21. The van der Waals surface area contributed by atoms with Crippen LogP contribution in [0.4, 0.5) is 5.69 Å². The number of benzene rings is 4. The molecule has 12 heteroatoms. The molecule has 6 rings (SSSR count). The highest BCUT2D eigenvalue weighted by molar-refractivity contribution is 8.04. The predicted octanol–water partition coefficient (Wildman–Crippen LogP) is 5.84. The molecule has 5 aromatic rings. The van der Waals surface area contributed by atoms with Gasteiger partial charge in [-0.05, 0) is 29.0 Å². The zero-order chi connectivity index (χ0) is 27.9. The third-order valence-electron chi connectivity index (χ3n) is 6.76. The molecule has 0 saturated carbocycles. The minimum absolute atomic E-state index is 0.0999. The molecule has 0 radical (unpaired) electrons. The molecule has 2 N–H and O–H groups in total. The van der Waals surface area contributed by atoms with Gasteiger partial charge >= 0.3 is 11.4 Å². The number of thioether (sulfide) groups is 1. The summed E-state index contributed by atoms with van der Waals surface area (Å²) in [6.45, 7) is 0.777. The quantitative estimate of drug-likeness (QED) is 0.0925. The number of nitrogens with zero attached hydrogens (tertiary/aromatic N) is 2. The molecular weight excluding hydrogens is 589 g/mol. The zero-order valence-corrected chi connectivity index (χ0v) is 24.4. The lowest BCUT2D eigenvalue weighted by atomic mass is 10.1. The topological polar surface area (TPSA) is 108 Å². The molecule has 8 nitrogen and oxygen atoms in total. The maximum atomic E-state index is 11.8. The van der Waals surface area contributed by atoms with Gasteiger partial charge in [0.2, 0.25) is 5.52 Å². The summed E-state index contributed by atoms with van der Waals surface area (Å²) in [4.78, 5) is 2.98. The van der Waals surface area contributed by atoms with Crippen molar-refractivity contribution < 1.29 is 30.5 Å². The molecule has 0 bridgehead atoms. The average molecular weight is 614 g/mol. The molecule has 1 aliphatic rings. The Kier molecular flexibility index (Phi) is 7.66. The lowest BCUT2D eigenvalue weighted by molar-refractivity contribution is -0.668. The summed E-state index contributed by atoms with van der Waals surface area (Å²) in [5.74, 6) is -0.403. The summed E-state index contributed by atoms with van der Waals surface area (Å²) in [5, 5.41) is 6.07. The standard InChI is InChI=1S/C28H24N2O6S4/c31-39(32)36-16-5-14-29-25(37-23-12-10-19-6-1-3-8-21(19)27(23)29)18-26-30(15-17-40(33,34)35)28-22-9-4-2-7-20(22)11-13-24(28)38-26/h1-4,6-13,18H,5,14-17H2,(H-,31,32,33,34,35)/p+1. The summed E-state index contributed by atoms with van der Waals surface area (Å²) < 4.78 is 61.3. The molecule has 0 fully saturated rings. The molecule has 4 aromatic carbocycles. The summed E-state index contributed by atoms with van der Waals surface area (Å²) in [6.07, 6.45) is 2.58. The number of fused-ring (bicyclic) bond motifs is 6. The maximum absolute atomic E-state index is 11.8. The molecule has 1 aliphatic heterocycles. The van der Waals surface area contributed by atoms with Crippen molar-refractivity contribution in [3.8, 4) is 0 Å².